The molecular formula is C15H16ClN3O2. The van der Waals surface area contributed by atoms with E-state index in [-0.39, 0.29) is 12.0 Å². The van der Waals surface area contributed by atoms with Crippen molar-refractivity contribution in [2.45, 2.75) is 18.9 Å². The average molecular weight is 306 g/mol. The summed E-state index contributed by atoms with van der Waals surface area (Å²) in [5.41, 5.74) is 1.45. The fourth-order valence-corrected chi connectivity index (χ4v) is 2.61. The van der Waals surface area contributed by atoms with E-state index in [0.717, 1.165) is 25.1 Å². The standard InChI is InChI=1S/C15H16ClN3O2/c16-15-12(19-8-2-1-5-13(19)18-15)6-7-14(20)17-10-11-4-3-9-21-11/h1-2,5-8,11H,3-4,9-10H2,(H,17,20)/b7-6+. The molecule has 1 aliphatic rings. The van der Waals surface area contributed by atoms with Crippen LogP contribution in [0.5, 0.6) is 0 Å². The molecule has 3 heterocycles. The van der Waals surface area contributed by atoms with Crippen LogP contribution < -0.4 is 5.32 Å². The molecule has 5 nitrogen and oxygen atoms in total. The normalized spacial score (nSPS) is 18.6. The van der Waals surface area contributed by atoms with Gasteiger partial charge in [0.25, 0.3) is 0 Å². The van der Waals surface area contributed by atoms with Gasteiger partial charge in [-0.05, 0) is 31.1 Å². The van der Waals surface area contributed by atoms with Crippen molar-refractivity contribution in [2.75, 3.05) is 13.2 Å². The Kier molecular flexibility index (Phi) is 4.22. The molecule has 0 saturated carbocycles. The van der Waals surface area contributed by atoms with Gasteiger partial charge in [0, 0.05) is 25.4 Å². The van der Waals surface area contributed by atoms with Gasteiger partial charge in [-0.2, -0.15) is 0 Å². The van der Waals surface area contributed by atoms with Crippen LogP contribution in [0.1, 0.15) is 18.5 Å². The van der Waals surface area contributed by atoms with Crippen LogP contribution >= 0.6 is 11.6 Å². The fraction of sp³-hybridized carbons (Fsp3) is 0.333. The van der Waals surface area contributed by atoms with Gasteiger partial charge in [0.15, 0.2) is 5.15 Å². The van der Waals surface area contributed by atoms with Gasteiger partial charge in [-0.15, -0.1) is 0 Å². The molecule has 0 aliphatic carbocycles. The smallest absolute Gasteiger partial charge is 0.244 e. The summed E-state index contributed by atoms with van der Waals surface area (Å²) < 4.78 is 7.30. The topological polar surface area (TPSA) is 55.6 Å². The van der Waals surface area contributed by atoms with Gasteiger partial charge in [0.1, 0.15) is 5.65 Å². The van der Waals surface area contributed by atoms with Crippen molar-refractivity contribution in [2.24, 2.45) is 0 Å². The first kappa shape index (κ1) is 14.1. The van der Waals surface area contributed by atoms with E-state index in [9.17, 15) is 4.79 Å². The summed E-state index contributed by atoms with van der Waals surface area (Å²) in [7, 11) is 0. The number of imidazole rings is 1. The van der Waals surface area contributed by atoms with Crippen LogP contribution in [0.3, 0.4) is 0 Å². The third-order valence-electron chi connectivity index (χ3n) is 3.44. The zero-order chi connectivity index (χ0) is 14.7. The minimum Gasteiger partial charge on any atom is -0.376 e. The molecular weight excluding hydrogens is 290 g/mol. The Morgan fingerprint density at radius 3 is 3.29 bits per heavy atom. The molecule has 1 unspecified atom stereocenters. The van der Waals surface area contributed by atoms with Crippen LogP contribution in [-0.2, 0) is 9.53 Å². The van der Waals surface area contributed by atoms with Crippen molar-refractivity contribution in [1.29, 1.82) is 0 Å². The third kappa shape index (κ3) is 3.25. The maximum absolute atomic E-state index is 11.8. The second-order valence-electron chi connectivity index (χ2n) is 4.93. The fourth-order valence-electron chi connectivity index (χ4n) is 2.37. The molecule has 6 heteroatoms. The van der Waals surface area contributed by atoms with Gasteiger partial charge in [-0.25, -0.2) is 4.98 Å². The summed E-state index contributed by atoms with van der Waals surface area (Å²) in [6, 6.07) is 5.64. The number of fused-ring (bicyclic) bond motifs is 1. The van der Waals surface area contributed by atoms with E-state index in [1.54, 1.807) is 6.08 Å². The van der Waals surface area contributed by atoms with Gasteiger partial charge >= 0.3 is 0 Å². The predicted molar refractivity (Wildman–Crippen MR) is 81.2 cm³/mol. The molecule has 0 spiro atoms. The number of amides is 1. The number of hydrogen-bond acceptors (Lipinski definition) is 3. The maximum Gasteiger partial charge on any atom is 0.244 e. The first-order valence-electron chi connectivity index (χ1n) is 6.94. The van der Waals surface area contributed by atoms with Gasteiger partial charge in [-0.3, -0.25) is 9.20 Å². The van der Waals surface area contributed by atoms with Crippen LogP contribution in [-0.4, -0.2) is 34.5 Å². The molecule has 1 saturated heterocycles. The highest BCUT2D eigenvalue weighted by atomic mass is 35.5. The summed E-state index contributed by atoms with van der Waals surface area (Å²) in [6.07, 6.45) is 7.21. The molecule has 2 aromatic rings. The first-order valence-corrected chi connectivity index (χ1v) is 7.32. The zero-order valence-corrected chi connectivity index (χ0v) is 12.2. The van der Waals surface area contributed by atoms with Crippen LogP contribution in [0.15, 0.2) is 30.5 Å². The SMILES string of the molecule is O=C(/C=C/c1c(Cl)nc2ccccn12)NCC1CCCO1. The number of aromatic nitrogens is 2. The number of nitrogens with one attached hydrogen (secondary N) is 1. The van der Waals surface area contributed by atoms with E-state index in [4.69, 9.17) is 16.3 Å². The van der Waals surface area contributed by atoms with E-state index >= 15 is 0 Å². The number of hydrogen-bond donors (Lipinski definition) is 1. The average Bonchev–Trinajstić information content (AvgIpc) is 3.10. The summed E-state index contributed by atoms with van der Waals surface area (Å²) in [4.78, 5) is 16.0. The zero-order valence-electron chi connectivity index (χ0n) is 11.5. The molecule has 3 rings (SSSR count). The van der Waals surface area contributed by atoms with E-state index in [1.807, 2.05) is 28.8 Å². The van der Waals surface area contributed by atoms with Crippen molar-refractivity contribution in [3.05, 3.63) is 41.3 Å². The minimum atomic E-state index is -0.160. The van der Waals surface area contributed by atoms with Crippen molar-refractivity contribution < 1.29 is 9.53 Å². The molecule has 1 aliphatic heterocycles. The van der Waals surface area contributed by atoms with E-state index < -0.39 is 0 Å². The monoisotopic (exact) mass is 305 g/mol. The molecule has 1 atom stereocenters. The summed E-state index contributed by atoms with van der Waals surface area (Å²) >= 11 is 6.10. The Morgan fingerprint density at radius 1 is 1.57 bits per heavy atom. The lowest BCUT2D eigenvalue weighted by molar-refractivity contribution is -0.116. The lowest BCUT2D eigenvalue weighted by atomic mass is 10.2. The number of halogens is 1. The molecule has 21 heavy (non-hydrogen) atoms. The highest BCUT2D eigenvalue weighted by Crippen LogP contribution is 2.18. The Hall–Kier alpha value is -1.85. The molecule has 0 bridgehead atoms. The predicted octanol–water partition coefficient (Wildman–Crippen LogP) is 2.30. The summed E-state index contributed by atoms with van der Waals surface area (Å²) in [5, 5.41) is 3.21. The van der Waals surface area contributed by atoms with Gasteiger partial charge in [0.05, 0.1) is 11.8 Å². The molecule has 110 valence electrons. The number of nitrogens with zero attached hydrogens (tertiary/aromatic N) is 2. The number of carbonyl (C=O) groups excluding carboxylic acids is 1. The Bertz CT molecular complexity index is 675. The highest BCUT2D eigenvalue weighted by molar-refractivity contribution is 6.31. The Morgan fingerprint density at radius 2 is 2.48 bits per heavy atom. The van der Waals surface area contributed by atoms with Crippen LogP contribution in [0.2, 0.25) is 5.15 Å². The van der Waals surface area contributed by atoms with Gasteiger partial charge in [-0.1, -0.05) is 17.7 Å². The highest BCUT2D eigenvalue weighted by Gasteiger charge is 2.15. The molecule has 2 aromatic heterocycles. The van der Waals surface area contributed by atoms with Crippen LogP contribution in [0.25, 0.3) is 11.7 Å². The van der Waals surface area contributed by atoms with E-state index in [1.165, 1.54) is 6.08 Å². The second kappa shape index (κ2) is 6.28. The largest absolute Gasteiger partial charge is 0.376 e. The summed E-state index contributed by atoms with van der Waals surface area (Å²) in [5.74, 6) is -0.160. The van der Waals surface area contributed by atoms with Crippen LogP contribution in [0.4, 0.5) is 0 Å². The van der Waals surface area contributed by atoms with Crippen molar-refractivity contribution in [1.82, 2.24) is 14.7 Å². The number of pyridine rings is 1. The number of rotatable bonds is 4. The van der Waals surface area contributed by atoms with Crippen LogP contribution in [0, 0.1) is 0 Å². The van der Waals surface area contributed by atoms with E-state index in [0.29, 0.717) is 17.4 Å². The minimum absolute atomic E-state index is 0.140. The van der Waals surface area contributed by atoms with Crippen molar-refractivity contribution in [3.8, 4) is 0 Å². The molecule has 1 amide bonds. The maximum atomic E-state index is 11.8. The Labute approximate surface area is 127 Å². The number of ether oxygens (including phenoxy) is 1. The molecule has 0 aromatic carbocycles. The summed E-state index contributed by atoms with van der Waals surface area (Å²) in [6.45, 7) is 1.33. The molecule has 1 fully saturated rings. The van der Waals surface area contributed by atoms with Gasteiger partial charge < -0.3 is 10.1 Å². The van der Waals surface area contributed by atoms with Crippen molar-refractivity contribution in [3.63, 3.8) is 0 Å². The van der Waals surface area contributed by atoms with E-state index in [2.05, 4.69) is 10.3 Å². The lowest BCUT2D eigenvalue weighted by Crippen LogP contribution is -2.30. The molecule has 0 radical (unpaired) electrons. The first-order chi connectivity index (χ1) is 10.2. The third-order valence-corrected chi connectivity index (χ3v) is 3.72. The number of carbonyl (C=O) groups is 1. The quantitative estimate of drug-likeness (QED) is 0.882. The van der Waals surface area contributed by atoms with Gasteiger partial charge in [0.2, 0.25) is 5.91 Å². The van der Waals surface area contributed by atoms with Crippen molar-refractivity contribution >= 4 is 29.2 Å². The second-order valence-corrected chi connectivity index (χ2v) is 5.29. The Balaban J connectivity index is 1.66. The molecule has 1 N–H and O–H groups in total. The lowest BCUT2D eigenvalue weighted by Gasteiger charge is -2.08.